The minimum absolute atomic E-state index is 0.0423. The molecule has 3 aromatic rings. The Kier molecular flexibility index (Phi) is 8.71. The topological polar surface area (TPSA) is 62.3 Å². The first-order valence-electron chi connectivity index (χ1n) is 11.8. The van der Waals surface area contributed by atoms with E-state index in [0.29, 0.717) is 0 Å². The standard InChI is InChI=1S/C26H16Br2F9N3O2/c27-16-8-14(24(31,25(32,33)34)26(35,36)37)9-17(28)21(16)39-22(41)15-2-1-3-18(20(15)30)40(11-12-4-5-12)23(42)13-6-7-19(29)38-10-13/h1-3,6-10,12H,4-5,11H2,(H,39,41). The SMILES string of the molecule is O=C(Nc1c(Br)cc(C(F)(C(F)(F)F)C(F)(F)F)cc1Br)c1cccc(N(CC2CC2)C(=O)c2ccc(F)nc2)c1F. The molecule has 224 valence electrons. The summed E-state index contributed by atoms with van der Waals surface area (Å²) in [5.41, 5.74) is -8.98. The first-order chi connectivity index (χ1) is 19.5. The highest BCUT2D eigenvalue weighted by Gasteiger charge is 2.73. The van der Waals surface area contributed by atoms with Crippen LogP contribution < -0.4 is 10.2 Å². The van der Waals surface area contributed by atoms with E-state index in [1.165, 1.54) is 12.1 Å². The molecule has 0 unspecified atom stereocenters. The lowest BCUT2D eigenvalue weighted by molar-refractivity contribution is -0.348. The predicted octanol–water partition coefficient (Wildman–Crippen LogP) is 8.48. The van der Waals surface area contributed by atoms with Crippen LogP contribution in [-0.4, -0.2) is 35.7 Å². The van der Waals surface area contributed by atoms with Crippen LogP contribution in [0.1, 0.15) is 39.1 Å². The van der Waals surface area contributed by atoms with Crippen LogP contribution in [0.4, 0.5) is 50.9 Å². The third-order valence-electron chi connectivity index (χ3n) is 6.33. The highest BCUT2D eigenvalue weighted by Crippen LogP contribution is 2.54. The van der Waals surface area contributed by atoms with Crippen LogP contribution in [-0.2, 0) is 5.67 Å². The van der Waals surface area contributed by atoms with E-state index in [4.69, 9.17) is 0 Å². The number of nitrogens with zero attached hydrogens (tertiary/aromatic N) is 2. The number of anilines is 2. The van der Waals surface area contributed by atoms with Gasteiger partial charge in [-0.15, -0.1) is 0 Å². The number of carbonyl (C=O) groups excluding carboxylic acids is 2. The van der Waals surface area contributed by atoms with Gasteiger partial charge in [0.25, 0.3) is 11.8 Å². The van der Waals surface area contributed by atoms with Crippen LogP contribution in [0, 0.1) is 17.7 Å². The predicted molar refractivity (Wildman–Crippen MR) is 140 cm³/mol. The fourth-order valence-electron chi connectivity index (χ4n) is 3.97. The summed E-state index contributed by atoms with van der Waals surface area (Å²) >= 11 is 5.48. The van der Waals surface area contributed by atoms with Gasteiger partial charge < -0.3 is 10.2 Å². The lowest BCUT2D eigenvalue weighted by Gasteiger charge is -2.31. The molecule has 0 spiro atoms. The summed E-state index contributed by atoms with van der Waals surface area (Å²) in [6, 6.07) is 5.99. The normalized spacial score (nSPS) is 14.1. The minimum Gasteiger partial charge on any atom is -0.320 e. The van der Waals surface area contributed by atoms with Crippen LogP contribution in [0.25, 0.3) is 0 Å². The van der Waals surface area contributed by atoms with Crippen LogP contribution in [0.2, 0.25) is 0 Å². The Bertz CT molecular complexity index is 1490. The molecular formula is C26H16Br2F9N3O2. The van der Waals surface area contributed by atoms with Crippen molar-refractivity contribution in [1.29, 1.82) is 0 Å². The number of aromatic nitrogens is 1. The van der Waals surface area contributed by atoms with Crippen molar-refractivity contribution in [3.63, 3.8) is 0 Å². The van der Waals surface area contributed by atoms with Crippen molar-refractivity contribution in [3.8, 4) is 0 Å². The van der Waals surface area contributed by atoms with Crippen molar-refractivity contribution in [1.82, 2.24) is 4.98 Å². The van der Waals surface area contributed by atoms with Gasteiger partial charge in [0.2, 0.25) is 5.95 Å². The molecule has 0 saturated heterocycles. The fraction of sp³-hybridized carbons (Fsp3) is 0.269. The van der Waals surface area contributed by atoms with Crippen LogP contribution in [0.3, 0.4) is 0 Å². The van der Waals surface area contributed by atoms with Crippen LogP contribution >= 0.6 is 31.9 Å². The van der Waals surface area contributed by atoms with Crippen molar-refractivity contribution in [3.05, 3.63) is 86.1 Å². The molecule has 2 aromatic carbocycles. The van der Waals surface area contributed by atoms with Crippen molar-refractivity contribution in [2.45, 2.75) is 30.9 Å². The molecule has 1 aromatic heterocycles. The zero-order valence-corrected chi connectivity index (χ0v) is 23.9. The first-order valence-corrected chi connectivity index (χ1v) is 13.4. The zero-order valence-electron chi connectivity index (χ0n) is 20.7. The highest BCUT2D eigenvalue weighted by atomic mass is 79.9. The molecule has 1 aliphatic carbocycles. The molecule has 1 saturated carbocycles. The number of amides is 2. The highest BCUT2D eigenvalue weighted by molar-refractivity contribution is 9.11. The van der Waals surface area contributed by atoms with Crippen molar-refractivity contribution in [2.75, 3.05) is 16.8 Å². The van der Waals surface area contributed by atoms with Gasteiger partial charge in [0.1, 0.15) is 0 Å². The average Bonchev–Trinajstić information content (AvgIpc) is 3.72. The van der Waals surface area contributed by atoms with Gasteiger partial charge >= 0.3 is 18.0 Å². The van der Waals surface area contributed by atoms with Gasteiger partial charge in [0.05, 0.1) is 22.5 Å². The monoisotopic (exact) mass is 731 g/mol. The molecule has 1 fully saturated rings. The van der Waals surface area contributed by atoms with Gasteiger partial charge in [-0.2, -0.15) is 30.7 Å². The molecule has 42 heavy (non-hydrogen) atoms. The van der Waals surface area contributed by atoms with Crippen molar-refractivity contribution >= 4 is 55.0 Å². The summed E-state index contributed by atoms with van der Waals surface area (Å²) in [5, 5.41) is 2.17. The van der Waals surface area contributed by atoms with E-state index in [2.05, 4.69) is 42.2 Å². The Hall–Kier alpha value is -3.14. The molecule has 5 nitrogen and oxygen atoms in total. The van der Waals surface area contributed by atoms with Gasteiger partial charge in [-0.05, 0) is 87.0 Å². The lowest BCUT2D eigenvalue weighted by Crippen LogP contribution is -2.50. The largest absolute Gasteiger partial charge is 0.435 e. The van der Waals surface area contributed by atoms with Gasteiger partial charge in [0, 0.05) is 27.3 Å². The number of carbonyl (C=O) groups is 2. The molecule has 0 bridgehead atoms. The molecule has 4 rings (SSSR count). The fourth-order valence-corrected chi connectivity index (χ4v) is 5.36. The van der Waals surface area contributed by atoms with E-state index in [-0.39, 0.29) is 35.8 Å². The minimum atomic E-state index is -6.37. The average molecular weight is 733 g/mol. The van der Waals surface area contributed by atoms with Gasteiger partial charge in [-0.1, -0.05) is 6.07 Å². The van der Waals surface area contributed by atoms with E-state index >= 15 is 4.39 Å². The molecule has 1 aliphatic rings. The summed E-state index contributed by atoms with van der Waals surface area (Å²) < 4.78 is 122. The van der Waals surface area contributed by atoms with E-state index in [9.17, 15) is 44.7 Å². The molecule has 0 aliphatic heterocycles. The number of halogens is 11. The molecule has 1 N–H and O–H groups in total. The second-order valence-electron chi connectivity index (χ2n) is 9.29. The van der Waals surface area contributed by atoms with Gasteiger partial charge in [0.15, 0.2) is 5.82 Å². The molecule has 0 atom stereocenters. The molecule has 2 amide bonds. The summed E-state index contributed by atoms with van der Waals surface area (Å²) in [4.78, 5) is 30.7. The second kappa shape index (κ2) is 11.5. The smallest absolute Gasteiger partial charge is 0.320 e. The maximum atomic E-state index is 15.7. The van der Waals surface area contributed by atoms with E-state index in [1.54, 1.807) is 0 Å². The molecule has 0 radical (unpaired) electrons. The molecule has 16 heteroatoms. The maximum Gasteiger partial charge on any atom is 0.435 e. The number of hydrogen-bond donors (Lipinski definition) is 1. The Balaban J connectivity index is 1.68. The van der Waals surface area contributed by atoms with Crippen LogP contribution in [0.5, 0.6) is 0 Å². The number of hydrogen-bond acceptors (Lipinski definition) is 3. The van der Waals surface area contributed by atoms with Crippen molar-refractivity contribution < 1.29 is 49.1 Å². The second-order valence-corrected chi connectivity index (χ2v) is 11.0. The molecular weight excluding hydrogens is 717 g/mol. The van der Waals surface area contributed by atoms with E-state index in [1.807, 2.05) is 0 Å². The Morgan fingerprint density at radius 2 is 1.52 bits per heavy atom. The summed E-state index contributed by atoms with van der Waals surface area (Å²) in [6.45, 7) is 0.0696. The van der Waals surface area contributed by atoms with Crippen molar-refractivity contribution in [2.24, 2.45) is 5.92 Å². The Morgan fingerprint density at radius 1 is 0.929 bits per heavy atom. The van der Waals surface area contributed by atoms with Gasteiger partial charge in [-0.3, -0.25) is 9.59 Å². The number of benzene rings is 2. The van der Waals surface area contributed by atoms with Gasteiger partial charge in [-0.25, -0.2) is 13.8 Å². The third kappa shape index (κ3) is 6.14. The zero-order chi connectivity index (χ0) is 31.2. The quantitative estimate of drug-likeness (QED) is 0.196. The Labute approximate surface area is 248 Å². The van der Waals surface area contributed by atoms with E-state index in [0.717, 1.165) is 42.1 Å². The molecule has 1 heterocycles. The number of nitrogens with one attached hydrogen (secondary N) is 1. The Morgan fingerprint density at radius 3 is 2.02 bits per heavy atom. The first kappa shape index (κ1) is 31.8. The maximum absolute atomic E-state index is 15.7. The number of pyridine rings is 1. The number of alkyl halides is 7. The number of rotatable bonds is 7. The summed E-state index contributed by atoms with van der Waals surface area (Å²) in [7, 11) is 0. The lowest BCUT2D eigenvalue weighted by atomic mass is 9.94. The third-order valence-corrected chi connectivity index (χ3v) is 7.58. The van der Waals surface area contributed by atoms with Crippen LogP contribution in [0.15, 0.2) is 57.6 Å². The van der Waals surface area contributed by atoms with E-state index < -0.39 is 67.4 Å². The summed E-state index contributed by atoms with van der Waals surface area (Å²) in [5.74, 6) is -3.88. The summed E-state index contributed by atoms with van der Waals surface area (Å²) in [6.07, 6.45) is -10.3.